The summed E-state index contributed by atoms with van der Waals surface area (Å²) < 4.78 is 5.27. The maximum Gasteiger partial charge on any atom is 0.407 e. The molecular weight excluding hydrogens is 268 g/mol. The van der Waals surface area contributed by atoms with Crippen LogP contribution in [0.2, 0.25) is 0 Å². The number of hydrogen-bond donors (Lipinski definition) is 3. The third-order valence-corrected chi connectivity index (χ3v) is 3.99. The van der Waals surface area contributed by atoms with Crippen LogP contribution >= 0.6 is 0 Å². The van der Waals surface area contributed by atoms with Gasteiger partial charge in [0.15, 0.2) is 0 Å². The van der Waals surface area contributed by atoms with E-state index in [0.29, 0.717) is 24.5 Å². The van der Waals surface area contributed by atoms with E-state index in [9.17, 15) is 4.79 Å². The molecule has 5 nitrogen and oxygen atoms in total. The molecule has 5 heteroatoms. The Hall–Kier alpha value is -0.810. The van der Waals surface area contributed by atoms with Gasteiger partial charge in [0, 0.05) is 25.2 Å². The fourth-order valence-electron chi connectivity index (χ4n) is 2.89. The molecule has 3 N–H and O–H groups in total. The summed E-state index contributed by atoms with van der Waals surface area (Å²) in [5, 5.41) is 15.6. The predicted molar refractivity (Wildman–Crippen MR) is 84.3 cm³/mol. The third kappa shape index (κ3) is 7.14. The van der Waals surface area contributed by atoms with Gasteiger partial charge in [-0.05, 0) is 52.4 Å². The summed E-state index contributed by atoms with van der Waals surface area (Å²) in [4.78, 5) is 11.7. The molecule has 0 heterocycles. The van der Waals surface area contributed by atoms with Crippen LogP contribution in [-0.4, -0.2) is 42.0 Å². The van der Waals surface area contributed by atoms with Gasteiger partial charge in [0.1, 0.15) is 5.60 Å². The lowest BCUT2D eigenvalue weighted by Gasteiger charge is -2.27. The summed E-state index contributed by atoms with van der Waals surface area (Å²) in [6, 6.07) is 0.790. The van der Waals surface area contributed by atoms with Crippen molar-refractivity contribution < 1.29 is 14.6 Å². The number of nitrogens with one attached hydrogen (secondary N) is 2. The van der Waals surface area contributed by atoms with Crippen LogP contribution < -0.4 is 10.6 Å². The van der Waals surface area contributed by atoms with Gasteiger partial charge in [-0.3, -0.25) is 0 Å². The van der Waals surface area contributed by atoms with Crippen molar-refractivity contribution in [2.75, 3.05) is 13.2 Å². The van der Waals surface area contributed by atoms with E-state index in [0.717, 1.165) is 25.7 Å². The molecule has 1 aliphatic carbocycles. The first-order chi connectivity index (χ1) is 9.85. The normalized spacial score (nSPS) is 23.9. The quantitative estimate of drug-likeness (QED) is 0.675. The topological polar surface area (TPSA) is 70.6 Å². The second kappa shape index (κ2) is 8.59. The van der Waals surface area contributed by atoms with Crippen molar-refractivity contribution in [3.8, 4) is 0 Å². The van der Waals surface area contributed by atoms with Crippen molar-refractivity contribution in [2.24, 2.45) is 5.92 Å². The molecule has 1 aliphatic rings. The standard InChI is InChI=1S/C16H32N2O3/c1-5-13(9-10-19)18-14-8-6-7-12(14)11-17-15(20)21-16(2,3)4/h12-14,18-19H,5-11H2,1-4H3,(H,17,20). The molecule has 3 atom stereocenters. The van der Waals surface area contributed by atoms with Crippen molar-refractivity contribution in [2.45, 2.75) is 77.5 Å². The van der Waals surface area contributed by atoms with Crippen LogP contribution in [0.5, 0.6) is 0 Å². The van der Waals surface area contributed by atoms with Crippen LogP contribution in [0, 0.1) is 5.92 Å². The van der Waals surface area contributed by atoms with Gasteiger partial charge in [0.25, 0.3) is 0 Å². The molecule has 0 radical (unpaired) electrons. The molecule has 0 aromatic heterocycles. The van der Waals surface area contributed by atoms with Crippen LogP contribution in [0.25, 0.3) is 0 Å². The van der Waals surface area contributed by atoms with Crippen molar-refractivity contribution in [1.82, 2.24) is 10.6 Å². The number of carbonyl (C=O) groups excluding carboxylic acids is 1. The first-order valence-corrected chi connectivity index (χ1v) is 8.19. The fourth-order valence-corrected chi connectivity index (χ4v) is 2.89. The number of amides is 1. The number of alkyl carbamates (subject to hydrolysis) is 1. The monoisotopic (exact) mass is 300 g/mol. The molecule has 0 aromatic rings. The minimum absolute atomic E-state index is 0.221. The minimum Gasteiger partial charge on any atom is -0.444 e. The molecule has 1 rings (SSSR count). The predicted octanol–water partition coefficient (Wildman–Crippen LogP) is 2.43. The van der Waals surface area contributed by atoms with E-state index in [1.807, 2.05) is 20.8 Å². The Morgan fingerprint density at radius 2 is 2.10 bits per heavy atom. The molecule has 1 amide bonds. The molecule has 1 saturated carbocycles. The molecule has 0 spiro atoms. The van der Waals surface area contributed by atoms with E-state index in [4.69, 9.17) is 9.84 Å². The molecular formula is C16H32N2O3. The average molecular weight is 300 g/mol. The maximum absolute atomic E-state index is 11.7. The average Bonchev–Trinajstić information content (AvgIpc) is 2.81. The van der Waals surface area contributed by atoms with Gasteiger partial charge in [-0.15, -0.1) is 0 Å². The Bertz CT molecular complexity index is 315. The van der Waals surface area contributed by atoms with E-state index in [1.165, 1.54) is 6.42 Å². The molecule has 21 heavy (non-hydrogen) atoms. The molecule has 1 fully saturated rings. The molecule has 3 unspecified atom stereocenters. The van der Waals surface area contributed by atoms with E-state index >= 15 is 0 Å². The summed E-state index contributed by atoms with van der Waals surface area (Å²) in [6.07, 6.45) is 4.93. The summed E-state index contributed by atoms with van der Waals surface area (Å²) in [6.45, 7) is 8.62. The first-order valence-electron chi connectivity index (χ1n) is 8.19. The highest BCUT2D eigenvalue weighted by Gasteiger charge is 2.29. The zero-order valence-corrected chi connectivity index (χ0v) is 13.9. The second-order valence-corrected chi connectivity index (χ2v) is 6.96. The van der Waals surface area contributed by atoms with E-state index < -0.39 is 5.60 Å². The van der Waals surface area contributed by atoms with Gasteiger partial charge < -0.3 is 20.5 Å². The van der Waals surface area contributed by atoms with E-state index in [2.05, 4.69) is 17.6 Å². The summed E-state index contributed by atoms with van der Waals surface area (Å²) in [7, 11) is 0. The van der Waals surface area contributed by atoms with Crippen molar-refractivity contribution in [3.05, 3.63) is 0 Å². The maximum atomic E-state index is 11.7. The fraction of sp³-hybridized carbons (Fsp3) is 0.938. The lowest BCUT2D eigenvalue weighted by molar-refractivity contribution is 0.0517. The Balaban J connectivity index is 2.38. The summed E-state index contributed by atoms with van der Waals surface area (Å²) in [5.74, 6) is 0.449. The highest BCUT2D eigenvalue weighted by molar-refractivity contribution is 5.67. The number of hydrogen-bond acceptors (Lipinski definition) is 4. The highest BCUT2D eigenvalue weighted by atomic mass is 16.6. The van der Waals surface area contributed by atoms with E-state index in [-0.39, 0.29) is 12.7 Å². The van der Waals surface area contributed by atoms with Gasteiger partial charge in [-0.2, -0.15) is 0 Å². The lowest BCUT2D eigenvalue weighted by Crippen LogP contribution is -2.44. The molecule has 0 saturated heterocycles. The Morgan fingerprint density at radius 1 is 1.38 bits per heavy atom. The first kappa shape index (κ1) is 18.2. The van der Waals surface area contributed by atoms with Crippen LogP contribution in [0.4, 0.5) is 4.79 Å². The van der Waals surface area contributed by atoms with Crippen molar-refractivity contribution >= 4 is 6.09 Å². The molecule has 0 aliphatic heterocycles. The Kier molecular flexibility index (Phi) is 7.46. The number of rotatable bonds is 7. The minimum atomic E-state index is -0.453. The third-order valence-electron chi connectivity index (χ3n) is 3.99. The number of aliphatic hydroxyl groups is 1. The highest BCUT2D eigenvalue weighted by Crippen LogP contribution is 2.26. The van der Waals surface area contributed by atoms with Gasteiger partial charge in [0.05, 0.1) is 0 Å². The van der Waals surface area contributed by atoms with Gasteiger partial charge in [0.2, 0.25) is 0 Å². The van der Waals surface area contributed by atoms with Crippen LogP contribution in [-0.2, 0) is 4.74 Å². The van der Waals surface area contributed by atoms with Gasteiger partial charge in [-0.25, -0.2) is 4.79 Å². The zero-order chi connectivity index (χ0) is 15.9. The van der Waals surface area contributed by atoms with Crippen LogP contribution in [0.1, 0.15) is 59.8 Å². The second-order valence-electron chi connectivity index (χ2n) is 6.96. The van der Waals surface area contributed by atoms with E-state index in [1.54, 1.807) is 0 Å². The molecule has 0 aromatic carbocycles. The Labute approximate surface area is 128 Å². The van der Waals surface area contributed by atoms with Crippen molar-refractivity contribution in [3.63, 3.8) is 0 Å². The summed E-state index contributed by atoms with van der Waals surface area (Å²) >= 11 is 0. The largest absolute Gasteiger partial charge is 0.444 e. The van der Waals surface area contributed by atoms with Crippen molar-refractivity contribution in [1.29, 1.82) is 0 Å². The number of aliphatic hydroxyl groups excluding tert-OH is 1. The van der Waals surface area contributed by atoms with Crippen LogP contribution in [0.3, 0.4) is 0 Å². The zero-order valence-electron chi connectivity index (χ0n) is 13.9. The lowest BCUT2D eigenvalue weighted by atomic mass is 10.0. The number of carbonyl (C=O) groups is 1. The smallest absolute Gasteiger partial charge is 0.407 e. The SMILES string of the molecule is CCC(CCO)NC1CCCC1CNC(=O)OC(C)(C)C. The summed E-state index contributed by atoms with van der Waals surface area (Å²) in [5.41, 5.74) is -0.453. The van der Waals surface area contributed by atoms with Gasteiger partial charge in [-0.1, -0.05) is 13.3 Å². The van der Waals surface area contributed by atoms with Gasteiger partial charge >= 0.3 is 6.09 Å². The Morgan fingerprint density at radius 3 is 2.67 bits per heavy atom. The molecule has 124 valence electrons. The van der Waals surface area contributed by atoms with Crippen LogP contribution in [0.15, 0.2) is 0 Å². The molecule has 0 bridgehead atoms. The number of ether oxygens (including phenoxy) is 1.